The van der Waals surface area contributed by atoms with E-state index in [1.807, 2.05) is 61.5 Å². The van der Waals surface area contributed by atoms with Crippen LogP contribution in [0.25, 0.3) is 10.8 Å². The van der Waals surface area contributed by atoms with E-state index in [-0.39, 0.29) is 18.4 Å². The van der Waals surface area contributed by atoms with E-state index in [1.54, 1.807) is 23.1 Å². The van der Waals surface area contributed by atoms with E-state index in [0.29, 0.717) is 48.1 Å². The van der Waals surface area contributed by atoms with Crippen LogP contribution in [0.4, 0.5) is 0 Å². The lowest BCUT2D eigenvalue weighted by atomic mass is 10.0. The Labute approximate surface area is 233 Å². The molecule has 1 N–H and O–H groups in total. The number of benzene rings is 3. The lowest BCUT2D eigenvalue weighted by Gasteiger charge is -2.24. The van der Waals surface area contributed by atoms with Crippen LogP contribution in [-0.2, 0) is 27.6 Å². The third-order valence-corrected chi connectivity index (χ3v) is 7.27. The Morgan fingerprint density at radius 1 is 1.08 bits per heavy atom. The van der Waals surface area contributed by atoms with Gasteiger partial charge in [-0.3, -0.25) is 9.59 Å². The fourth-order valence-corrected chi connectivity index (χ4v) is 4.89. The van der Waals surface area contributed by atoms with Crippen LogP contribution in [0, 0.1) is 0 Å². The fourth-order valence-electron chi connectivity index (χ4n) is 4.57. The van der Waals surface area contributed by atoms with Crippen LogP contribution < -0.4 is 5.32 Å². The first-order chi connectivity index (χ1) is 18.3. The summed E-state index contributed by atoms with van der Waals surface area (Å²) in [5.74, 6) is -0.333. The number of nitrogens with one attached hydrogen (secondary N) is 1. The predicted molar refractivity (Wildman–Crippen MR) is 152 cm³/mol. The normalized spacial score (nSPS) is 16.4. The second kappa shape index (κ2) is 13.1. The zero-order chi connectivity index (χ0) is 27.1. The van der Waals surface area contributed by atoms with Crippen LogP contribution in [0.3, 0.4) is 0 Å². The van der Waals surface area contributed by atoms with E-state index in [9.17, 15) is 9.59 Å². The van der Waals surface area contributed by atoms with Gasteiger partial charge in [0.1, 0.15) is 6.61 Å². The van der Waals surface area contributed by atoms with Gasteiger partial charge in [-0.15, -0.1) is 0 Å². The number of rotatable bonds is 10. The summed E-state index contributed by atoms with van der Waals surface area (Å²) in [6.07, 6.45) is 1.54. The highest BCUT2D eigenvalue weighted by atomic mass is 35.5. The molecule has 200 valence electrons. The highest BCUT2D eigenvalue weighted by Crippen LogP contribution is 2.24. The first kappa shape index (κ1) is 27.9. The van der Waals surface area contributed by atoms with Gasteiger partial charge in [-0.05, 0) is 61.1 Å². The molecule has 0 radical (unpaired) electrons. The Balaban J connectivity index is 1.48. The Morgan fingerprint density at radius 3 is 2.66 bits per heavy atom. The van der Waals surface area contributed by atoms with Crippen molar-refractivity contribution >= 4 is 51.5 Å². The maximum absolute atomic E-state index is 13.5. The van der Waals surface area contributed by atoms with Crippen molar-refractivity contribution in [3.63, 3.8) is 0 Å². The molecule has 7 nitrogen and oxygen atoms in total. The van der Waals surface area contributed by atoms with Crippen LogP contribution >= 0.6 is 23.2 Å². The van der Waals surface area contributed by atoms with E-state index in [1.165, 1.54) is 0 Å². The Morgan fingerprint density at radius 2 is 1.87 bits per heavy atom. The van der Waals surface area contributed by atoms with Gasteiger partial charge in [-0.1, -0.05) is 76.9 Å². The summed E-state index contributed by atoms with van der Waals surface area (Å²) in [6, 6.07) is 18.5. The van der Waals surface area contributed by atoms with Gasteiger partial charge in [-0.2, -0.15) is 0 Å². The average Bonchev–Trinajstić information content (AvgIpc) is 3.33. The number of hydrogen-bond acceptors (Lipinski definition) is 5. The van der Waals surface area contributed by atoms with Gasteiger partial charge >= 0.3 is 0 Å². The molecule has 9 heteroatoms. The van der Waals surface area contributed by atoms with E-state index in [4.69, 9.17) is 28.0 Å². The summed E-state index contributed by atoms with van der Waals surface area (Å²) in [4.78, 5) is 35.9. The summed E-state index contributed by atoms with van der Waals surface area (Å²) in [7, 11) is 3.94. The minimum atomic E-state index is -0.814. The molecule has 2 amide bonds. The maximum atomic E-state index is 13.5. The molecule has 4 rings (SSSR count). The summed E-state index contributed by atoms with van der Waals surface area (Å²) < 4.78 is 0. The number of nitrogens with zero attached hydrogens (tertiary/aromatic N) is 3. The number of fused-ring (bicyclic) bond motifs is 1. The quantitative estimate of drug-likeness (QED) is 0.346. The third kappa shape index (κ3) is 7.04. The SMILES string of the molecule is CN(C)CCCC(=O)N1CCC(=NOCc2ccc(Cl)c(Cl)c2)C1C(=O)NCc1cccc2ccccc12. The first-order valence-corrected chi connectivity index (χ1v) is 13.4. The molecule has 1 aliphatic rings. The Bertz CT molecular complexity index is 1320. The molecular weight excluding hydrogens is 523 g/mol. The van der Waals surface area contributed by atoms with Crippen LogP contribution in [0.5, 0.6) is 0 Å². The van der Waals surface area contributed by atoms with Crippen LogP contribution in [0.2, 0.25) is 10.0 Å². The number of amides is 2. The van der Waals surface area contributed by atoms with Crippen molar-refractivity contribution in [3.8, 4) is 0 Å². The van der Waals surface area contributed by atoms with Crippen molar-refractivity contribution in [1.82, 2.24) is 15.1 Å². The maximum Gasteiger partial charge on any atom is 0.249 e. The van der Waals surface area contributed by atoms with Gasteiger partial charge in [0, 0.05) is 25.9 Å². The lowest BCUT2D eigenvalue weighted by molar-refractivity contribution is -0.137. The molecule has 3 aromatic rings. The topological polar surface area (TPSA) is 74.2 Å². The van der Waals surface area contributed by atoms with Crippen molar-refractivity contribution in [1.29, 1.82) is 0 Å². The van der Waals surface area contributed by atoms with Gasteiger partial charge in [0.25, 0.3) is 0 Å². The number of halogens is 2. The van der Waals surface area contributed by atoms with E-state index >= 15 is 0 Å². The van der Waals surface area contributed by atoms with Crippen LogP contribution in [-0.4, -0.2) is 60.6 Å². The lowest BCUT2D eigenvalue weighted by Crippen LogP contribution is -2.48. The molecular formula is C29H32Cl2N4O3. The highest BCUT2D eigenvalue weighted by Gasteiger charge is 2.39. The molecule has 0 aliphatic carbocycles. The number of oxime groups is 1. The van der Waals surface area contributed by atoms with Crippen molar-refractivity contribution in [3.05, 3.63) is 81.8 Å². The fraction of sp³-hybridized carbons (Fsp3) is 0.345. The minimum absolute atomic E-state index is 0.0631. The van der Waals surface area contributed by atoms with Crippen LogP contribution in [0.1, 0.15) is 30.4 Å². The standard InChI is InChI=1S/C29H32Cl2N4O3/c1-34(2)15-6-11-27(36)35-16-14-26(33-38-19-20-12-13-24(30)25(31)17-20)28(35)29(37)32-18-22-9-5-8-21-7-3-4-10-23(21)22/h3-5,7-10,12-13,17,28H,6,11,14-16,18-19H2,1-2H3,(H,32,37). The first-order valence-electron chi connectivity index (χ1n) is 12.6. The summed E-state index contributed by atoms with van der Waals surface area (Å²) in [5, 5.41) is 10.4. The number of hydrogen-bond donors (Lipinski definition) is 1. The molecule has 0 bridgehead atoms. The van der Waals surface area contributed by atoms with Gasteiger partial charge < -0.3 is 20.0 Å². The molecule has 0 aromatic heterocycles. The molecule has 3 aromatic carbocycles. The molecule has 38 heavy (non-hydrogen) atoms. The zero-order valence-corrected chi connectivity index (χ0v) is 23.1. The molecule has 1 atom stereocenters. The average molecular weight is 556 g/mol. The summed E-state index contributed by atoms with van der Waals surface area (Å²) in [6.45, 7) is 1.73. The van der Waals surface area contributed by atoms with Crippen LogP contribution in [0.15, 0.2) is 65.8 Å². The highest BCUT2D eigenvalue weighted by molar-refractivity contribution is 6.42. The van der Waals surface area contributed by atoms with Crippen molar-refractivity contribution in [2.24, 2.45) is 5.16 Å². The van der Waals surface area contributed by atoms with E-state index < -0.39 is 6.04 Å². The van der Waals surface area contributed by atoms with Crippen molar-refractivity contribution in [2.45, 2.75) is 38.5 Å². The zero-order valence-electron chi connectivity index (χ0n) is 21.6. The van der Waals surface area contributed by atoms with Crippen molar-refractivity contribution < 1.29 is 14.4 Å². The van der Waals surface area contributed by atoms with Crippen molar-refractivity contribution in [2.75, 3.05) is 27.2 Å². The van der Waals surface area contributed by atoms with E-state index in [0.717, 1.165) is 28.4 Å². The minimum Gasteiger partial charge on any atom is -0.391 e. The van der Waals surface area contributed by atoms with Gasteiger partial charge in [0.15, 0.2) is 6.04 Å². The number of carbonyl (C=O) groups is 2. The molecule has 1 aliphatic heterocycles. The molecule has 0 spiro atoms. The molecule has 1 saturated heterocycles. The second-order valence-corrected chi connectivity index (χ2v) is 10.4. The Hall–Kier alpha value is -3.13. The van der Waals surface area contributed by atoms with Gasteiger partial charge in [-0.25, -0.2) is 0 Å². The van der Waals surface area contributed by atoms with Gasteiger partial charge in [0.05, 0.1) is 15.8 Å². The monoisotopic (exact) mass is 554 g/mol. The van der Waals surface area contributed by atoms with Gasteiger partial charge in [0.2, 0.25) is 11.8 Å². The summed E-state index contributed by atoms with van der Waals surface area (Å²) in [5.41, 5.74) is 2.34. The molecule has 1 unspecified atom stereocenters. The second-order valence-electron chi connectivity index (χ2n) is 9.61. The molecule has 0 saturated carbocycles. The summed E-state index contributed by atoms with van der Waals surface area (Å²) >= 11 is 12.1. The molecule has 1 heterocycles. The Kier molecular flexibility index (Phi) is 9.61. The number of carbonyl (C=O) groups excluding carboxylic acids is 2. The number of likely N-dealkylation sites (tertiary alicyclic amines) is 1. The van der Waals surface area contributed by atoms with E-state index in [2.05, 4.69) is 10.5 Å². The third-order valence-electron chi connectivity index (χ3n) is 6.53. The largest absolute Gasteiger partial charge is 0.391 e. The predicted octanol–water partition coefficient (Wildman–Crippen LogP) is 5.28. The molecule has 1 fully saturated rings. The smallest absolute Gasteiger partial charge is 0.249 e.